The number of aliphatic hydroxyl groups is 2. The third kappa shape index (κ3) is 3.15. The monoisotopic (exact) mass is 509 g/mol. The van der Waals surface area contributed by atoms with E-state index >= 15 is 0 Å². The van der Waals surface area contributed by atoms with Gasteiger partial charge in [-0.05, 0) is 73.1 Å². The summed E-state index contributed by atoms with van der Waals surface area (Å²) in [5, 5.41) is 32.3. The topological polar surface area (TPSA) is 128 Å². The van der Waals surface area contributed by atoms with E-state index in [2.05, 4.69) is 6.92 Å². The summed E-state index contributed by atoms with van der Waals surface area (Å²) in [7, 11) is 0. The molecule has 8 nitrogen and oxygen atoms in total. The molecule has 3 saturated carbocycles. The van der Waals surface area contributed by atoms with E-state index in [0.717, 1.165) is 18.4 Å². The van der Waals surface area contributed by atoms with Crippen LogP contribution in [0, 0.1) is 39.9 Å². The summed E-state index contributed by atoms with van der Waals surface area (Å²) in [6.45, 7) is 3.97. The van der Waals surface area contributed by atoms with Crippen molar-refractivity contribution < 1.29 is 34.1 Å². The van der Waals surface area contributed by atoms with Crippen LogP contribution in [-0.2, 0) is 20.9 Å². The van der Waals surface area contributed by atoms with Crippen molar-refractivity contribution in [2.24, 2.45) is 39.9 Å². The van der Waals surface area contributed by atoms with Crippen molar-refractivity contribution >= 4 is 17.5 Å². The normalized spacial score (nSPS) is 44.5. The molecular weight excluding hydrogens is 474 g/mol. The summed E-state index contributed by atoms with van der Waals surface area (Å²) >= 11 is 0. The van der Waals surface area contributed by atoms with Gasteiger partial charge in [0.1, 0.15) is 18.4 Å². The molecule has 1 saturated heterocycles. The zero-order valence-electron chi connectivity index (χ0n) is 21.3. The van der Waals surface area contributed by atoms with Gasteiger partial charge in [0.05, 0.1) is 24.3 Å². The van der Waals surface area contributed by atoms with E-state index in [4.69, 9.17) is 4.42 Å². The highest BCUT2D eigenvalue weighted by Gasteiger charge is 2.76. The van der Waals surface area contributed by atoms with Crippen LogP contribution in [-0.4, -0.2) is 63.1 Å². The molecule has 0 radical (unpaired) electrons. The molecular formula is C29H35NO7. The van der Waals surface area contributed by atoms with Gasteiger partial charge in [-0.15, -0.1) is 0 Å². The Morgan fingerprint density at radius 2 is 2.03 bits per heavy atom. The minimum absolute atomic E-state index is 0.0232. The van der Waals surface area contributed by atoms with Crippen molar-refractivity contribution in [3.8, 4) is 0 Å². The van der Waals surface area contributed by atoms with E-state index in [1.54, 1.807) is 30.5 Å². The number of aliphatic carboxylic acids is 1. The predicted octanol–water partition coefficient (Wildman–Crippen LogP) is 2.60. The molecule has 2 unspecified atom stereocenters. The zero-order chi connectivity index (χ0) is 26.3. The van der Waals surface area contributed by atoms with Crippen LogP contribution < -0.4 is 0 Å². The average Bonchev–Trinajstić information content (AvgIpc) is 3.53. The third-order valence-electron chi connectivity index (χ3n) is 11.1. The van der Waals surface area contributed by atoms with Gasteiger partial charge in [-0.1, -0.05) is 25.5 Å². The van der Waals surface area contributed by atoms with Gasteiger partial charge in [-0.3, -0.25) is 19.3 Å². The molecule has 1 aromatic rings. The molecule has 0 spiro atoms. The number of carboxylic acid groups (broad SMARTS) is 1. The lowest BCUT2D eigenvalue weighted by Crippen LogP contribution is -2.60. The first kappa shape index (κ1) is 24.8. The number of carbonyl (C=O) groups excluding carboxylic acids is 2. The number of Topliss-reactive ketones (excluding diaryl/α,β-unsaturated/α-hetero) is 1. The van der Waals surface area contributed by atoms with Gasteiger partial charge in [0.15, 0.2) is 11.6 Å². The van der Waals surface area contributed by atoms with Crippen molar-refractivity contribution in [2.75, 3.05) is 13.2 Å². The maximum atomic E-state index is 13.8. The highest BCUT2D eigenvalue weighted by Crippen LogP contribution is 2.73. The molecule has 5 aliphatic rings. The lowest BCUT2D eigenvalue weighted by Gasteiger charge is -2.60. The van der Waals surface area contributed by atoms with E-state index < -0.39 is 46.9 Å². The Balaban J connectivity index is 1.43. The second-order valence-electron chi connectivity index (χ2n) is 12.4. The molecule has 2 heterocycles. The lowest BCUT2D eigenvalue weighted by molar-refractivity contribution is -0.159. The molecule has 1 aromatic heterocycles. The number of rotatable bonds is 5. The Bertz CT molecular complexity index is 1200. The molecule has 0 amide bonds. The smallest absolute Gasteiger partial charge is 0.321 e. The van der Waals surface area contributed by atoms with Crippen molar-refractivity contribution in [3.63, 3.8) is 0 Å². The number of hydrogen-bond donors (Lipinski definition) is 3. The van der Waals surface area contributed by atoms with Crippen molar-refractivity contribution in [2.45, 2.75) is 58.2 Å². The van der Waals surface area contributed by atoms with Crippen LogP contribution in [0.1, 0.15) is 45.3 Å². The Kier molecular flexibility index (Phi) is 5.50. The number of nitrogens with zero attached hydrogens (tertiary/aromatic N) is 1. The zero-order valence-corrected chi connectivity index (χ0v) is 21.3. The summed E-state index contributed by atoms with van der Waals surface area (Å²) in [5.41, 5.74) is -1.14. The number of carbonyl (C=O) groups is 3. The first-order chi connectivity index (χ1) is 17.6. The summed E-state index contributed by atoms with van der Waals surface area (Å²) in [6, 6.07) is 2.66. The largest absolute Gasteiger partial charge is 0.480 e. The fourth-order valence-corrected chi connectivity index (χ4v) is 9.73. The number of ketones is 2. The summed E-state index contributed by atoms with van der Waals surface area (Å²) in [4.78, 5) is 40.4. The van der Waals surface area contributed by atoms with Gasteiger partial charge in [-0.25, -0.2) is 0 Å². The average molecular weight is 510 g/mol. The molecule has 4 aliphatic carbocycles. The Labute approximate surface area is 216 Å². The molecule has 9 atom stereocenters. The highest BCUT2D eigenvalue weighted by atomic mass is 16.4. The SMILES string of the molecule is C[C@]12C=CC(=O)C=C1CC[C@@H]1C2[C@@H](O)C[C@@]2(C)[C@H]1C[C@H]1C(C(=O)O)N(Cc3ccco3)C[C@]12C(=O)CO. The maximum absolute atomic E-state index is 13.8. The third-order valence-corrected chi connectivity index (χ3v) is 11.1. The molecule has 4 fully saturated rings. The molecule has 8 heteroatoms. The predicted molar refractivity (Wildman–Crippen MR) is 132 cm³/mol. The summed E-state index contributed by atoms with van der Waals surface area (Å²) in [5.74, 6) is -1.18. The Morgan fingerprint density at radius 1 is 1.24 bits per heavy atom. The van der Waals surface area contributed by atoms with Crippen LogP contribution in [0.3, 0.4) is 0 Å². The summed E-state index contributed by atoms with van der Waals surface area (Å²) in [6.07, 6.45) is 8.52. The van der Waals surface area contributed by atoms with Crippen LogP contribution >= 0.6 is 0 Å². The van der Waals surface area contributed by atoms with Crippen LogP contribution in [0.2, 0.25) is 0 Å². The summed E-state index contributed by atoms with van der Waals surface area (Å²) < 4.78 is 5.51. The van der Waals surface area contributed by atoms with Gasteiger partial charge < -0.3 is 19.7 Å². The van der Waals surface area contributed by atoms with Gasteiger partial charge in [0.2, 0.25) is 0 Å². The second-order valence-corrected chi connectivity index (χ2v) is 12.4. The standard InChI is InChI=1S/C29H35NO7/c1-27-8-7-17(32)10-16(27)5-6-19-20-11-21-25(26(35)36)30(13-18-4-3-9-37-18)15-29(21,23(34)14-31)28(20,2)12-22(33)24(19)27/h3-4,7-10,19-22,24-25,31,33H,5-6,11-15H2,1-2H3,(H,35,36)/t19-,20-,21-,22-,24?,25?,27-,28-,29+/m0/s1. The maximum Gasteiger partial charge on any atom is 0.321 e. The molecule has 198 valence electrons. The second kappa shape index (κ2) is 8.22. The number of carboxylic acids is 1. The molecule has 0 aromatic carbocycles. The number of aliphatic hydroxyl groups excluding tert-OH is 2. The van der Waals surface area contributed by atoms with Gasteiger partial charge in [0, 0.05) is 17.9 Å². The fourth-order valence-electron chi connectivity index (χ4n) is 9.73. The first-order valence-electron chi connectivity index (χ1n) is 13.3. The number of likely N-dealkylation sites (tertiary alicyclic amines) is 1. The molecule has 37 heavy (non-hydrogen) atoms. The molecule has 0 bridgehead atoms. The number of hydrogen-bond acceptors (Lipinski definition) is 7. The first-order valence-corrected chi connectivity index (χ1v) is 13.3. The van der Waals surface area contributed by atoms with Crippen LogP contribution in [0.15, 0.2) is 46.6 Å². The fraction of sp³-hybridized carbons (Fsp3) is 0.621. The van der Waals surface area contributed by atoms with Crippen LogP contribution in [0.25, 0.3) is 0 Å². The Morgan fingerprint density at radius 3 is 2.70 bits per heavy atom. The van der Waals surface area contributed by atoms with E-state index in [-0.39, 0.29) is 42.4 Å². The van der Waals surface area contributed by atoms with Crippen molar-refractivity contribution in [3.05, 3.63) is 48.0 Å². The van der Waals surface area contributed by atoms with Crippen LogP contribution in [0.4, 0.5) is 0 Å². The van der Waals surface area contributed by atoms with E-state index in [1.807, 2.05) is 17.9 Å². The Hall–Kier alpha value is -2.55. The molecule has 1 aliphatic heterocycles. The molecule has 3 N–H and O–H groups in total. The minimum atomic E-state index is -1.08. The van der Waals surface area contributed by atoms with E-state index in [0.29, 0.717) is 18.6 Å². The van der Waals surface area contributed by atoms with Crippen molar-refractivity contribution in [1.82, 2.24) is 4.90 Å². The quantitative estimate of drug-likeness (QED) is 0.553. The van der Waals surface area contributed by atoms with Gasteiger partial charge >= 0.3 is 5.97 Å². The van der Waals surface area contributed by atoms with E-state index in [9.17, 15) is 29.7 Å². The van der Waals surface area contributed by atoms with Gasteiger partial charge in [0.25, 0.3) is 0 Å². The number of fused-ring (bicyclic) bond motifs is 7. The molecule has 6 rings (SSSR count). The van der Waals surface area contributed by atoms with Crippen LogP contribution in [0.5, 0.6) is 0 Å². The van der Waals surface area contributed by atoms with Crippen molar-refractivity contribution in [1.29, 1.82) is 0 Å². The highest BCUT2D eigenvalue weighted by molar-refractivity contribution is 6.01. The van der Waals surface area contributed by atoms with E-state index in [1.165, 1.54) is 0 Å². The number of allylic oxidation sites excluding steroid dienone is 4. The van der Waals surface area contributed by atoms with Gasteiger partial charge in [-0.2, -0.15) is 0 Å². The lowest BCUT2D eigenvalue weighted by atomic mass is 9.44. The minimum Gasteiger partial charge on any atom is -0.480 e. The number of furan rings is 1.